The Balaban J connectivity index is 1.42. The van der Waals surface area contributed by atoms with Gasteiger partial charge in [-0.1, -0.05) is 11.6 Å². The molecule has 1 fully saturated rings. The van der Waals surface area contributed by atoms with Gasteiger partial charge in [-0.25, -0.2) is 4.39 Å². The third-order valence-electron chi connectivity index (χ3n) is 4.56. The van der Waals surface area contributed by atoms with Crippen LogP contribution in [-0.2, 0) is 9.59 Å². The first kappa shape index (κ1) is 19.1. The molecule has 0 unspecified atom stereocenters. The number of halogens is 2. The summed E-state index contributed by atoms with van der Waals surface area (Å²) in [5, 5.41) is 4.96. The number of hydrogen-bond acceptors (Lipinski definition) is 4. The topological polar surface area (TPSA) is 74.3 Å². The van der Waals surface area contributed by atoms with Gasteiger partial charge in [-0.2, -0.15) is 0 Å². The number of nitrogens with one attached hydrogen (secondary N) is 2. The summed E-state index contributed by atoms with van der Waals surface area (Å²) >= 11 is 5.66. The molecule has 0 bridgehead atoms. The van der Waals surface area contributed by atoms with Crippen LogP contribution in [0.15, 0.2) is 42.7 Å². The number of pyridine rings is 1. The fourth-order valence-corrected chi connectivity index (χ4v) is 3.20. The van der Waals surface area contributed by atoms with Crippen molar-refractivity contribution < 1.29 is 14.0 Å². The largest absolute Gasteiger partial charge is 0.370 e. The molecule has 2 N–H and O–H groups in total. The number of piperidine rings is 1. The summed E-state index contributed by atoms with van der Waals surface area (Å²) in [7, 11) is 0. The highest BCUT2D eigenvalue weighted by Gasteiger charge is 2.21. The van der Waals surface area contributed by atoms with Crippen molar-refractivity contribution in [3.8, 4) is 0 Å². The zero-order valence-corrected chi connectivity index (χ0v) is 15.4. The molecule has 0 spiro atoms. The van der Waals surface area contributed by atoms with Gasteiger partial charge in [0.05, 0.1) is 16.9 Å². The van der Waals surface area contributed by atoms with Gasteiger partial charge in [0.25, 0.3) is 0 Å². The number of carbonyl (C=O) groups is 2. The molecule has 27 heavy (non-hydrogen) atoms. The van der Waals surface area contributed by atoms with E-state index in [1.54, 1.807) is 6.20 Å². The highest BCUT2D eigenvalue weighted by atomic mass is 35.5. The van der Waals surface area contributed by atoms with E-state index in [2.05, 4.69) is 20.5 Å². The summed E-state index contributed by atoms with van der Waals surface area (Å²) < 4.78 is 13.1. The first-order valence-corrected chi connectivity index (χ1v) is 9.10. The van der Waals surface area contributed by atoms with Crippen molar-refractivity contribution in [2.24, 2.45) is 5.92 Å². The standard InChI is InChI=1S/C19H20ClFN4O2/c20-16-10-14(3-4-17(16)21)24-19(27)18(26)23-11-13-5-8-25(9-6-13)15-2-1-7-22-12-15/h1-4,7,10,12-13H,5-6,8-9,11H2,(H,23,26)(H,24,27). The van der Waals surface area contributed by atoms with Crippen LogP contribution >= 0.6 is 11.6 Å². The lowest BCUT2D eigenvalue weighted by molar-refractivity contribution is -0.136. The normalized spacial score (nSPS) is 14.7. The molecular formula is C19H20ClFN4O2. The van der Waals surface area contributed by atoms with Gasteiger partial charge in [0.1, 0.15) is 5.82 Å². The van der Waals surface area contributed by atoms with Gasteiger partial charge in [0.2, 0.25) is 0 Å². The Labute approximate surface area is 161 Å². The third-order valence-corrected chi connectivity index (χ3v) is 4.85. The van der Waals surface area contributed by atoms with Crippen molar-refractivity contribution in [3.05, 3.63) is 53.6 Å². The van der Waals surface area contributed by atoms with E-state index in [4.69, 9.17) is 11.6 Å². The Morgan fingerprint density at radius 3 is 2.67 bits per heavy atom. The number of benzene rings is 1. The molecule has 0 atom stereocenters. The molecule has 2 amide bonds. The van der Waals surface area contributed by atoms with Crippen LogP contribution in [0.5, 0.6) is 0 Å². The van der Waals surface area contributed by atoms with Gasteiger partial charge in [-0.15, -0.1) is 0 Å². The van der Waals surface area contributed by atoms with E-state index < -0.39 is 17.6 Å². The molecule has 6 nitrogen and oxygen atoms in total. The van der Waals surface area contributed by atoms with Gasteiger partial charge >= 0.3 is 11.8 Å². The minimum atomic E-state index is -0.800. The van der Waals surface area contributed by atoms with Crippen LogP contribution in [0.1, 0.15) is 12.8 Å². The lowest BCUT2D eigenvalue weighted by Gasteiger charge is -2.33. The SMILES string of the molecule is O=C(NCC1CCN(c2cccnc2)CC1)C(=O)Nc1ccc(F)c(Cl)c1. The predicted octanol–water partition coefficient (Wildman–Crippen LogP) is 2.85. The number of nitrogens with zero attached hydrogens (tertiary/aromatic N) is 2. The smallest absolute Gasteiger partial charge is 0.313 e. The predicted molar refractivity (Wildman–Crippen MR) is 102 cm³/mol. The number of aromatic nitrogens is 1. The molecule has 1 saturated heterocycles. The number of carbonyl (C=O) groups excluding carboxylic acids is 2. The number of amides is 2. The van der Waals surface area contributed by atoms with Crippen molar-refractivity contribution in [2.75, 3.05) is 29.9 Å². The van der Waals surface area contributed by atoms with Crippen molar-refractivity contribution in [3.63, 3.8) is 0 Å². The summed E-state index contributed by atoms with van der Waals surface area (Å²) in [6.45, 7) is 2.20. The minimum Gasteiger partial charge on any atom is -0.370 e. The first-order valence-electron chi connectivity index (χ1n) is 8.72. The second kappa shape index (κ2) is 8.81. The lowest BCUT2D eigenvalue weighted by atomic mass is 9.96. The van der Waals surface area contributed by atoms with E-state index in [9.17, 15) is 14.0 Å². The summed E-state index contributed by atoms with van der Waals surface area (Å²) in [6.07, 6.45) is 5.43. The Hall–Kier alpha value is -2.67. The van der Waals surface area contributed by atoms with Gasteiger partial charge in [0.15, 0.2) is 0 Å². The second-order valence-electron chi connectivity index (χ2n) is 6.43. The molecule has 0 aliphatic carbocycles. The Morgan fingerprint density at radius 2 is 2.00 bits per heavy atom. The highest BCUT2D eigenvalue weighted by Crippen LogP contribution is 2.22. The average molecular weight is 391 g/mol. The molecule has 142 valence electrons. The summed E-state index contributed by atoms with van der Waals surface area (Å²) in [5.74, 6) is -1.79. The van der Waals surface area contributed by atoms with E-state index in [1.165, 1.54) is 12.1 Å². The van der Waals surface area contributed by atoms with Gasteiger partial charge < -0.3 is 15.5 Å². The quantitative estimate of drug-likeness (QED) is 0.787. The zero-order valence-electron chi connectivity index (χ0n) is 14.6. The Morgan fingerprint density at radius 1 is 1.22 bits per heavy atom. The summed E-state index contributed by atoms with van der Waals surface area (Å²) in [5.41, 5.74) is 1.36. The fourth-order valence-electron chi connectivity index (χ4n) is 3.02. The van der Waals surface area contributed by atoms with Crippen LogP contribution in [0, 0.1) is 11.7 Å². The number of rotatable bonds is 4. The molecular weight excluding hydrogens is 371 g/mol. The van der Waals surface area contributed by atoms with Crippen LogP contribution in [-0.4, -0.2) is 36.4 Å². The fraction of sp³-hybridized carbons (Fsp3) is 0.316. The van der Waals surface area contributed by atoms with E-state index in [-0.39, 0.29) is 10.7 Å². The molecule has 2 aromatic rings. The summed E-state index contributed by atoms with van der Waals surface area (Å²) in [4.78, 5) is 30.3. The maximum Gasteiger partial charge on any atom is 0.313 e. The zero-order chi connectivity index (χ0) is 19.2. The molecule has 1 aliphatic rings. The summed E-state index contributed by atoms with van der Waals surface area (Å²) in [6, 6.07) is 7.68. The van der Waals surface area contributed by atoms with E-state index in [0.717, 1.165) is 37.7 Å². The van der Waals surface area contributed by atoms with E-state index in [1.807, 2.05) is 18.3 Å². The van der Waals surface area contributed by atoms with Gasteiger partial charge in [-0.05, 0) is 49.1 Å². The maximum absolute atomic E-state index is 13.1. The van der Waals surface area contributed by atoms with Crippen LogP contribution < -0.4 is 15.5 Å². The Bertz CT molecular complexity index is 811. The van der Waals surface area contributed by atoms with E-state index >= 15 is 0 Å². The van der Waals surface area contributed by atoms with Crippen LogP contribution in [0.4, 0.5) is 15.8 Å². The molecule has 1 aliphatic heterocycles. The molecule has 8 heteroatoms. The van der Waals surface area contributed by atoms with Crippen LogP contribution in [0.2, 0.25) is 5.02 Å². The van der Waals surface area contributed by atoms with Crippen LogP contribution in [0.3, 0.4) is 0 Å². The maximum atomic E-state index is 13.1. The molecule has 0 radical (unpaired) electrons. The lowest BCUT2D eigenvalue weighted by Crippen LogP contribution is -2.41. The van der Waals surface area contributed by atoms with E-state index in [0.29, 0.717) is 12.5 Å². The molecule has 0 saturated carbocycles. The molecule has 1 aromatic carbocycles. The van der Waals surface area contributed by atoms with Gasteiger partial charge in [-0.3, -0.25) is 14.6 Å². The van der Waals surface area contributed by atoms with Gasteiger partial charge in [0, 0.05) is 31.5 Å². The minimum absolute atomic E-state index is 0.117. The monoisotopic (exact) mass is 390 g/mol. The highest BCUT2D eigenvalue weighted by molar-refractivity contribution is 6.39. The van der Waals surface area contributed by atoms with Crippen molar-refractivity contribution in [1.82, 2.24) is 10.3 Å². The third kappa shape index (κ3) is 5.17. The number of anilines is 2. The Kier molecular flexibility index (Phi) is 6.24. The molecule has 3 rings (SSSR count). The molecule has 1 aromatic heterocycles. The number of hydrogen-bond donors (Lipinski definition) is 2. The van der Waals surface area contributed by atoms with Crippen molar-refractivity contribution in [1.29, 1.82) is 0 Å². The van der Waals surface area contributed by atoms with Crippen molar-refractivity contribution >= 4 is 34.8 Å². The van der Waals surface area contributed by atoms with Crippen LogP contribution in [0.25, 0.3) is 0 Å². The first-order chi connectivity index (χ1) is 13.0. The molecule has 2 heterocycles. The van der Waals surface area contributed by atoms with Crippen molar-refractivity contribution in [2.45, 2.75) is 12.8 Å². The second-order valence-corrected chi connectivity index (χ2v) is 6.84. The average Bonchev–Trinajstić information content (AvgIpc) is 2.70.